The summed E-state index contributed by atoms with van der Waals surface area (Å²) in [4.78, 5) is 19.7. The number of aromatic nitrogens is 1. The number of aryl methyl sites for hydroxylation is 1. The topological polar surface area (TPSA) is 54.5 Å². The van der Waals surface area contributed by atoms with Crippen LogP contribution in [0.5, 0.6) is 5.75 Å². The van der Waals surface area contributed by atoms with Crippen LogP contribution in [-0.2, 0) is 17.8 Å². The first-order valence-electron chi connectivity index (χ1n) is 11.1. The van der Waals surface area contributed by atoms with Gasteiger partial charge >= 0.3 is 0 Å². The van der Waals surface area contributed by atoms with Gasteiger partial charge in [0.25, 0.3) is 0 Å². The zero-order valence-corrected chi connectivity index (χ0v) is 19.1. The molecule has 32 heavy (non-hydrogen) atoms. The van der Waals surface area contributed by atoms with Gasteiger partial charge < -0.3 is 10.1 Å². The first-order chi connectivity index (χ1) is 15.6. The fourth-order valence-electron chi connectivity index (χ4n) is 4.99. The summed E-state index contributed by atoms with van der Waals surface area (Å²) < 4.78 is 5.66. The van der Waals surface area contributed by atoms with Gasteiger partial charge in [-0.1, -0.05) is 42.5 Å². The highest BCUT2D eigenvalue weighted by Crippen LogP contribution is 2.38. The average molecular weight is 430 g/mol. The third-order valence-electron chi connectivity index (χ3n) is 6.57. The van der Waals surface area contributed by atoms with E-state index in [2.05, 4.69) is 64.6 Å². The van der Waals surface area contributed by atoms with Crippen LogP contribution in [0.2, 0.25) is 0 Å². The maximum absolute atomic E-state index is 13.2. The molecule has 0 unspecified atom stereocenters. The Balaban J connectivity index is 1.61. The van der Waals surface area contributed by atoms with E-state index in [4.69, 9.17) is 4.74 Å². The molecule has 1 atom stereocenters. The monoisotopic (exact) mass is 429 g/mol. The van der Waals surface area contributed by atoms with Crippen molar-refractivity contribution in [3.8, 4) is 16.9 Å². The molecule has 1 fully saturated rings. The van der Waals surface area contributed by atoms with Gasteiger partial charge in [-0.15, -0.1) is 0 Å². The predicted octanol–water partition coefficient (Wildman–Crippen LogP) is 4.25. The molecule has 0 radical (unpaired) electrons. The maximum atomic E-state index is 13.2. The summed E-state index contributed by atoms with van der Waals surface area (Å²) in [6.45, 7) is 4.43. The summed E-state index contributed by atoms with van der Waals surface area (Å²) in [7, 11) is 3.46. The van der Waals surface area contributed by atoms with Crippen LogP contribution in [0.3, 0.4) is 0 Å². The number of carbonyl (C=O) groups excluding carboxylic acids is 1. The molecule has 1 aliphatic rings. The SMILES string of the molecule is CNC(=O)[C@]1(Cc2ccccc2-c2ccncc2)CCN(Cc2cccc(C)c2OC)C1. The molecule has 2 aromatic carbocycles. The molecule has 1 saturated heterocycles. The molecule has 1 amide bonds. The van der Waals surface area contributed by atoms with Crippen LogP contribution in [-0.4, -0.2) is 43.0 Å². The number of para-hydroxylation sites is 1. The van der Waals surface area contributed by atoms with E-state index in [1.165, 1.54) is 5.56 Å². The van der Waals surface area contributed by atoms with Crippen molar-refractivity contribution in [2.45, 2.75) is 26.3 Å². The summed E-state index contributed by atoms with van der Waals surface area (Å²) in [5.41, 5.74) is 5.32. The van der Waals surface area contributed by atoms with Crippen molar-refractivity contribution in [1.29, 1.82) is 0 Å². The Morgan fingerprint density at radius 3 is 2.59 bits per heavy atom. The summed E-state index contributed by atoms with van der Waals surface area (Å²) in [6, 6.07) is 18.7. The molecule has 1 aromatic heterocycles. The third kappa shape index (κ3) is 4.39. The van der Waals surface area contributed by atoms with Crippen molar-refractivity contribution in [1.82, 2.24) is 15.2 Å². The Morgan fingerprint density at radius 2 is 1.84 bits per heavy atom. The first kappa shape index (κ1) is 22.0. The molecule has 0 bridgehead atoms. The second-order valence-electron chi connectivity index (χ2n) is 8.66. The Hall–Kier alpha value is -3.18. The average Bonchev–Trinajstić information content (AvgIpc) is 3.23. The summed E-state index contributed by atoms with van der Waals surface area (Å²) in [5, 5.41) is 2.94. The Labute approximate surface area is 190 Å². The van der Waals surface area contributed by atoms with Crippen LogP contribution in [0.15, 0.2) is 67.0 Å². The van der Waals surface area contributed by atoms with E-state index in [9.17, 15) is 4.79 Å². The van der Waals surface area contributed by atoms with Crippen molar-refractivity contribution in [2.24, 2.45) is 5.41 Å². The second kappa shape index (κ2) is 9.53. The minimum absolute atomic E-state index is 0.112. The normalized spacial score (nSPS) is 18.5. The zero-order valence-electron chi connectivity index (χ0n) is 19.1. The number of carbonyl (C=O) groups is 1. The molecular weight excluding hydrogens is 398 g/mol. The van der Waals surface area contributed by atoms with E-state index in [1.807, 2.05) is 24.5 Å². The number of likely N-dealkylation sites (tertiary alicyclic amines) is 1. The molecule has 2 heterocycles. The van der Waals surface area contributed by atoms with Crippen LogP contribution in [0.1, 0.15) is 23.1 Å². The van der Waals surface area contributed by atoms with Gasteiger partial charge in [0.1, 0.15) is 5.75 Å². The molecule has 1 aliphatic heterocycles. The molecule has 1 N–H and O–H groups in total. The minimum Gasteiger partial charge on any atom is -0.496 e. The number of benzene rings is 2. The van der Waals surface area contributed by atoms with E-state index in [0.29, 0.717) is 13.0 Å². The largest absolute Gasteiger partial charge is 0.496 e. The maximum Gasteiger partial charge on any atom is 0.227 e. The van der Waals surface area contributed by atoms with Crippen LogP contribution in [0.4, 0.5) is 0 Å². The lowest BCUT2D eigenvalue weighted by Crippen LogP contribution is -2.43. The van der Waals surface area contributed by atoms with Gasteiger partial charge in [-0.05, 0) is 60.7 Å². The van der Waals surface area contributed by atoms with Crippen molar-refractivity contribution >= 4 is 5.91 Å². The highest BCUT2D eigenvalue weighted by atomic mass is 16.5. The Kier molecular flexibility index (Phi) is 6.56. The summed E-state index contributed by atoms with van der Waals surface area (Å²) in [6.07, 6.45) is 5.15. The number of amides is 1. The molecule has 3 aromatic rings. The van der Waals surface area contributed by atoms with Gasteiger partial charge in [0.2, 0.25) is 5.91 Å². The molecule has 5 nitrogen and oxygen atoms in total. The quantitative estimate of drug-likeness (QED) is 0.610. The first-order valence-corrected chi connectivity index (χ1v) is 11.1. The van der Waals surface area contributed by atoms with Crippen molar-refractivity contribution in [3.63, 3.8) is 0 Å². The van der Waals surface area contributed by atoms with E-state index in [-0.39, 0.29) is 5.91 Å². The number of nitrogens with one attached hydrogen (secondary N) is 1. The minimum atomic E-state index is -0.463. The lowest BCUT2D eigenvalue weighted by molar-refractivity contribution is -0.130. The van der Waals surface area contributed by atoms with Gasteiger partial charge in [-0.3, -0.25) is 14.7 Å². The number of hydrogen-bond acceptors (Lipinski definition) is 4. The summed E-state index contributed by atoms with van der Waals surface area (Å²) in [5.74, 6) is 1.05. The second-order valence-corrected chi connectivity index (χ2v) is 8.66. The number of methoxy groups -OCH3 is 1. The Morgan fingerprint density at radius 1 is 1.09 bits per heavy atom. The molecule has 0 aliphatic carbocycles. The van der Waals surface area contributed by atoms with Gasteiger partial charge in [-0.25, -0.2) is 0 Å². The number of ether oxygens (including phenoxy) is 1. The highest BCUT2D eigenvalue weighted by Gasteiger charge is 2.44. The molecule has 166 valence electrons. The number of rotatable bonds is 7. The molecule has 4 rings (SSSR count). The van der Waals surface area contributed by atoms with Crippen molar-refractivity contribution < 1.29 is 9.53 Å². The summed E-state index contributed by atoms with van der Waals surface area (Å²) >= 11 is 0. The molecule has 0 spiro atoms. The number of hydrogen-bond donors (Lipinski definition) is 1. The van der Waals surface area contributed by atoms with Crippen LogP contribution in [0, 0.1) is 12.3 Å². The standard InChI is InChI=1S/C27H31N3O2/c1-20-7-6-9-23(25(20)32-3)18-30-16-13-27(19-30,26(31)28-2)17-22-8-4-5-10-24(22)21-11-14-29-15-12-21/h4-12,14-15H,13,16-19H2,1-3H3,(H,28,31)/t27-/m0/s1. The van der Waals surface area contributed by atoms with Gasteiger partial charge in [0, 0.05) is 38.1 Å². The zero-order chi connectivity index (χ0) is 22.6. The number of nitrogens with zero attached hydrogens (tertiary/aromatic N) is 2. The fraction of sp³-hybridized carbons (Fsp3) is 0.333. The lowest BCUT2D eigenvalue weighted by atomic mass is 9.78. The van der Waals surface area contributed by atoms with Crippen LogP contribution < -0.4 is 10.1 Å². The fourth-order valence-corrected chi connectivity index (χ4v) is 4.99. The van der Waals surface area contributed by atoms with E-state index >= 15 is 0 Å². The lowest BCUT2D eigenvalue weighted by Gasteiger charge is -2.29. The molecular formula is C27H31N3O2. The number of pyridine rings is 1. The Bertz CT molecular complexity index is 1080. The predicted molar refractivity (Wildman–Crippen MR) is 128 cm³/mol. The van der Waals surface area contributed by atoms with Gasteiger partial charge in [-0.2, -0.15) is 0 Å². The van der Waals surface area contributed by atoms with E-state index in [0.717, 1.165) is 47.5 Å². The molecule has 0 saturated carbocycles. The van der Waals surface area contributed by atoms with Crippen LogP contribution >= 0.6 is 0 Å². The van der Waals surface area contributed by atoms with Gasteiger partial charge in [0.05, 0.1) is 12.5 Å². The highest BCUT2D eigenvalue weighted by molar-refractivity contribution is 5.84. The molecule has 5 heteroatoms. The van der Waals surface area contributed by atoms with Crippen LogP contribution in [0.25, 0.3) is 11.1 Å². The smallest absolute Gasteiger partial charge is 0.227 e. The van der Waals surface area contributed by atoms with Crippen molar-refractivity contribution in [3.05, 3.63) is 83.7 Å². The van der Waals surface area contributed by atoms with E-state index in [1.54, 1.807) is 14.2 Å². The van der Waals surface area contributed by atoms with Gasteiger partial charge in [0.15, 0.2) is 0 Å². The van der Waals surface area contributed by atoms with Crippen molar-refractivity contribution in [2.75, 3.05) is 27.2 Å². The third-order valence-corrected chi connectivity index (χ3v) is 6.57. The van der Waals surface area contributed by atoms with E-state index < -0.39 is 5.41 Å².